The lowest BCUT2D eigenvalue weighted by Gasteiger charge is -2.10. The fourth-order valence-electron chi connectivity index (χ4n) is 2.28. The van der Waals surface area contributed by atoms with Crippen LogP contribution in [0.1, 0.15) is 17.0 Å². The first-order valence-corrected chi connectivity index (χ1v) is 7.42. The van der Waals surface area contributed by atoms with Gasteiger partial charge in [0.2, 0.25) is 5.76 Å². The zero-order valence-corrected chi connectivity index (χ0v) is 13.8. The van der Waals surface area contributed by atoms with Crippen molar-refractivity contribution in [2.45, 2.75) is 6.92 Å². The van der Waals surface area contributed by atoms with E-state index < -0.39 is 17.8 Å². The Hall–Kier alpha value is -2.32. The highest BCUT2D eigenvalue weighted by atomic mass is 79.9. The average Bonchev–Trinajstić information content (AvgIpc) is 3.00. The molecule has 2 amide bonds. The van der Waals surface area contributed by atoms with Crippen molar-refractivity contribution >= 4 is 56.6 Å². The number of rotatable bonds is 1. The Balaban J connectivity index is 2.30. The zero-order chi connectivity index (χ0) is 16.9. The molecule has 0 unspecified atom stereocenters. The van der Waals surface area contributed by atoms with Crippen molar-refractivity contribution in [3.63, 3.8) is 0 Å². The summed E-state index contributed by atoms with van der Waals surface area (Å²) in [5.41, 5.74) is 0.592. The van der Waals surface area contributed by atoms with E-state index >= 15 is 0 Å². The Morgan fingerprint density at radius 3 is 2.61 bits per heavy atom. The number of aliphatic hydroxyl groups is 1. The lowest BCUT2D eigenvalue weighted by atomic mass is 10.0. The Morgan fingerprint density at radius 1 is 1.35 bits per heavy atom. The van der Waals surface area contributed by atoms with Crippen molar-refractivity contribution in [1.82, 2.24) is 5.16 Å². The lowest BCUT2D eigenvalue weighted by Crippen LogP contribution is -2.32. The molecule has 0 aliphatic carbocycles. The van der Waals surface area contributed by atoms with Crippen molar-refractivity contribution in [1.29, 1.82) is 0 Å². The van der Waals surface area contributed by atoms with Gasteiger partial charge in [-0.1, -0.05) is 16.8 Å². The summed E-state index contributed by atoms with van der Waals surface area (Å²) in [6.45, 7) is 1.65. The van der Waals surface area contributed by atoms with Gasteiger partial charge in [-0.05, 0) is 35.0 Å². The van der Waals surface area contributed by atoms with Gasteiger partial charge in [0, 0.05) is 16.1 Å². The number of nitrogens with zero attached hydrogens (tertiary/aromatic N) is 2. The van der Waals surface area contributed by atoms with Gasteiger partial charge in [-0.15, -0.1) is 0 Å². The van der Waals surface area contributed by atoms with Gasteiger partial charge in [0.15, 0.2) is 5.76 Å². The molecule has 2 aromatic rings. The third kappa shape index (κ3) is 2.40. The van der Waals surface area contributed by atoms with Crippen LogP contribution >= 0.6 is 27.5 Å². The van der Waals surface area contributed by atoms with Crippen molar-refractivity contribution in [3.05, 3.63) is 44.7 Å². The molecule has 2 heterocycles. The highest BCUT2D eigenvalue weighted by Crippen LogP contribution is 2.43. The van der Waals surface area contributed by atoms with Gasteiger partial charge in [-0.25, -0.2) is 9.69 Å². The molecule has 1 aromatic heterocycles. The van der Waals surface area contributed by atoms with Crippen molar-refractivity contribution in [3.8, 4) is 0 Å². The monoisotopic (exact) mass is 398 g/mol. The standard InChI is InChI=1S/C14H8BrClN2O5/c1-5-2-10(23-17-5)12(19)11-6-3-7(15)8(16)4-9(6)18(13(11)20)14(21)22/h2-4,19H,1H3,(H,21,22). The van der Waals surface area contributed by atoms with Gasteiger partial charge >= 0.3 is 6.09 Å². The van der Waals surface area contributed by atoms with Crippen LogP contribution in [-0.4, -0.2) is 27.4 Å². The molecule has 0 saturated carbocycles. The van der Waals surface area contributed by atoms with Crippen molar-refractivity contribution in [2.24, 2.45) is 0 Å². The molecule has 0 bridgehead atoms. The summed E-state index contributed by atoms with van der Waals surface area (Å²) in [7, 11) is 0. The number of hydrogen-bond acceptors (Lipinski definition) is 5. The first-order chi connectivity index (χ1) is 10.8. The minimum atomic E-state index is -1.48. The minimum absolute atomic E-state index is 0.0323. The molecule has 0 radical (unpaired) electrons. The summed E-state index contributed by atoms with van der Waals surface area (Å²) < 4.78 is 5.39. The van der Waals surface area contributed by atoms with E-state index in [4.69, 9.17) is 16.1 Å². The maximum absolute atomic E-state index is 12.5. The number of benzene rings is 1. The van der Waals surface area contributed by atoms with Crippen LogP contribution in [0.25, 0.3) is 11.3 Å². The molecule has 1 aliphatic rings. The topological polar surface area (TPSA) is 104 Å². The quantitative estimate of drug-likeness (QED) is 0.557. The molecule has 0 spiro atoms. The highest BCUT2D eigenvalue weighted by Gasteiger charge is 2.40. The number of halogens is 2. The molecule has 3 rings (SSSR count). The third-order valence-corrected chi connectivity index (χ3v) is 4.45. The number of imide groups is 1. The highest BCUT2D eigenvalue weighted by molar-refractivity contribution is 9.10. The number of carboxylic acid groups (broad SMARTS) is 1. The maximum atomic E-state index is 12.5. The maximum Gasteiger partial charge on any atom is 0.419 e. The number of amides is 2. The molecule has 2 N–H and O–H groups in total. The van der Waals surface area contributed by atoms with Gasteiger partial charge in [0.05, 0.1) is 22.0 Å². The number of fused-ring (bicyclic) bond motifs is 1. The Morgan fingerprint density at radius 2 is 2.04 bits per heavy atom. The van der Waals surface area contributed by atoms with E-state index in [0.29, 0.717) is 15.1 Å². The molecule has 23 heavy (non-hydrogen) atoms. The lowest BCUT2D eigenvalue weighted by molar-refractivity contribution is -0.112. The van der Waals surface area contributed by atoms with Crippen LogP contribution in [0.5, 0.6) is 0 Å². The number of carbonyl (C=O) groups is 2. The average molecular weight is 400 g/mol. The normalized spacial score (nSPS) is 15.8. The van der Waals surface area contributed by atoms with Crippen LogP contribution in [-0.2, 0) is 4.79 Å². The van der Waals surface area contributed by atoms with Gasteiger partial charge in [0.25, 0.3) is 5.91 Å². The zero-order valence-electron chi connectivity index (χ0n) is 11.5. The molecule has 0 saturated heterocycles. The number of aliphatic hydroxyl groups excluding tert-OH is 1. The molecule has 9 heteroatoms. The Bertz CT molecular complexity index is 889. The molecule has 1 aromatic carbocycles. The van der Waals surface area contributed by atoms with Crippen LogP contribution in [0.15, 0.2) is 27.2 Å². The molecular formula is C14H8BrClN2O5. The molecule has 118 valence electrons. The minimum Gasteiger partial charge on any atom is -0.504 e. The van der Waals surface area contributed by atoms with Crippen LogP contribution in [0.3, 0.4) is 0 Å². The molecular weight excluding hydrogens is 392 g/mol. The van der Waals surface area contributed by atoms with Crippen molar-refractivity contribution in [2.75, 3.05) is 4.90 Å². The third-order valence-electron chi connectivity index (χ3n) is 3.26. The van der Waals surface area contributed by atoms with Crippen LogP contribution in [0, 0.1) is 6.92 Å². The van der Waals surface area contributed by atoms with E-state index in [9.17, 15) is 19.8 Å². The van der Waals surface area contributed by atoms with Crippen molar-refractivity contribution < 1.29 is 24.3 Å². The van der Waals surface area contributed by atoms with Crippen LogP contribution in [0.2, 0.25) is 5.02 Å². The van der Waals surface area contributed by atoms with Gasteiger partial charge in [-0.3, -0.25) is 4.79 Å². The number of anilines is 1. The second-order valence-electron chi connectivity index (χ2n) is 4.76. The van der Waals surface area contributed by atoms with E-state index in [1.54, 1.807) is 6.92 Å². The molecule has 0 atom stereocenters. The van der Waals surface area contributed by atoms with Gasteiger partial charge < -0.3 is 14.7 Å². The van der Waals surface area contributed by atoms with E-state index in [0.717, 1.165) is 0 Å². The fraction of sp³-hybridized carbons (Fsp3) is 0.0714. The molecule has 7 nitrogen and oxygen atoms in total. The first kappa shape index (κ1) is 15.6. The number of hydrogen-bond donors (Lipinski definition) is 2. The van der Waals surface area contributed by atoms with E-state index in [1.807, 2.05) is 0 Å². The largest absolute Gasteiger partial charge is 0.504 e. The summed E-state index contributed by atoms with van der Waals surface area (Å²) >= 11 is 9.19. The fourth-order valence-corrected chi connectivity index (χ4v) is 2.78. The summed E-state index contributed by atoms with van der Waals surface area (Å²) in [4.78, 5) is 24.4. The first-order valence-electron chi connectivity index (χ1n) is 6.25. The van der Waals surface area contributed by atoms with Crippen LogP contribution < -0.4 is 4.90 Å². The Labute approximate surface area is 142 Å². The summed E-state index contributed by atoms with van der Waals surface area (Å²) in [6.07, 6.45) is -1.48. The summed E-state index contributed by atoms with van der Waals surface area (Å²) in [6, 6.07) is 4.23. The SMILES string of the molecule is Cc1cc(C(O)=C2C(=O)N(C(=O)O)c3cc(Cl)c(Br)cc32)on1. The van der Waals surface area contributed by atoms with E-state index in [2.05, 4.69) is 21.1 Å². The van der Waals surface area contributed by atoms with E-state index in [-0.39, 0.29) is 27.6 Å². The smallest absolute Gasteiger partial charge is 0.419 e. The van der Waals surface area contributed by atoms with Gasteiger partial charge in [-0.2, -0.15) is 0 Å². The Kier molecular flexibility index (Phi) is 3.65. The summed E-state index contributed by atoms with van der Waals surface area (Å²) in [5.74, 6) is -1.42. The van der Waals surface area contributed by atoms with Crippen LogP contribution in [0.4, 0.5) is 10.5 Å². The number of carbonyl (C=O) groups excluding carboxylic acids is 1. The summed E-state index contributed by atoms with van der Waals surface area (Å²) in [5, 5.41) is 23.5. The predicted molar refractivity (Wildman–Crippen MR) is 85.3 cm³/mol. The second kappa shape index (κ2) is 5.39. The number of aromatic nitrogens is 1. The van der Waals surface area contributed by atoms with Gasteiger partial charge in [0.1, 0.15) is 0 Å². The molecule has 0 fully saturated rings. The molecule has 1 aliphatic heterocycles. The van der Waals surface area contributed by atoms with E-state index in [1.165, 1.54) is 18.2 Å². The number of aryl methyl sites for hydroxylation is 1. The predicted octanol–water partition coefficient (Wildman–Crippen LogP) is 3.85. The second-order valence-corrected chi connectivity index (χ2v) is 6.02.